The fourth-order valence-corrected chi connectivity index (χ4v) is 2.05. The molecule has 63 valence electrons. The Morgan fingerprint density at radius 1 is 1.00 bits per heavy atom. The molecule has 0 heterocycles. The molecule has 0 saturated carbocycles. The molecule has 1 aliphatic carbocycles. The molecule has 0 saturated heterocycles. The molecule has 0 bridgehead atoms. The van der Waals surface area contributed by atoms with Crippen molar-refractivity contribution in [3.05, 3.63) is 53.9 Å². The van der Waals surface area contributed by atoms with Gasteiger partial charge in [-0.15, -0.1) is 0 Å². The molecule has 1 heteroatoms. The van der Waals surface area contributed by atoms with Gasteiger partial charge < -0.3 is 5.11 Å². The quantitative estimate of drug-likeness (QED) is 0.642. The zero-order chi connectivity index (χ0) is 8.84. The summed E-state index contributed by atoms with van der Waals surface area (Å²) in [5.41, 5.74) is 2.19. The number of benzene rings is 2. The van der Waals surface area contributed by atoms with E-state index in [2.05, 4.69) is 12.1 Å². The minimum absolute atomic E-state index is 0.416. The van der Waals surface area contributed by atoms with Crippen LogP contribution in [0.1, 0.15) is 17.2 Å². The molecule has 13 heavy (non-hydrogen) atoms. The number of hydrogen-bond acceptors (Lipinski definition) is 1. The van der Waals surface area contributed by atoms with Crippen LogP contribution < -0.4 is 0 Å². The lowest BCUT2D eigenvalue weighted by molar-refractivity contribution is 0.221. The first kappa shape index (κ1) is 7.10. The largest absolute Gasteiger partial charge is 0.388 e. The molecule has 0 fully saturated rings. The van der Waals surface area contributed by atoms with Gasteiger partial charge in [-0.3, -0.25) is 0 Å². The zero-order valence-corrected chi connectivity index (χ0v) is 7.07. The minimum Gasteiger partial charge on any atom is -0.388 e. The van der Waals surface area contributed by atoms with Gasteiger partial charge in [0.2, 0.25) is 0 Å². The van der Waals surface area contributed by atoms with Gasteiger partial charge in [-0.2, -0.15) is 0 Å². The van der Waals surface area contributed by atoms with E-state index < -0.39 is 6.10 Å². The number of hydrogen-bond donors (Lipinski definition) is 1. The Kier molecular flexibility index (Phi) is 1.27. The van der Waals surface area contributed by atoms with Crippen molar-refractivity contribution in [3.63, 3.8) is 0 Å². The Balaban J connectivity index is 2.51. The van der Waals surface area contributed by atoms with Crippen molar-refractivity contribution in [1.82, 2.24) is 0 Å². The molecular weight excluding hydrogens is 160 g/mol. The molecule has 0 amide bonds. The van der Waals surface area contributed by atoms with Crippen LogP contribution in [0.5, 0.6) is 0 Å². The summed E-state index contributed by atoms with van der Waals surface area (Å²) in [6, 6.07) is 12.2. The standard InChI is InChI=1S/C12H9O/c13-11-7-9-5-1-3-8-4-2-6-10(11)12(8)9/h1-7,11,13H. The second kappa shape index (κ2) is 2.33. The van der Waals surface area contributed by atoms with Crippen molar-refractivity contribution in [2.45, 2.75) is 6.10 Å². The Morgan fingerprint density at radius 3 is 2.62 bits per heavy atom. The van der Waals surface area contributed by atoms with Crippen LogP contribution in [-0.2, 0) is 0 Å². The van der Waals surface area contributed by atoms with Gasteiger partial charge in [0.05, 0.1) is 6.10 Å². The highest BCUT2D eigenvalue weighted by Crippen LogP contribution is 2.37. The SMILES string of the molecule is OC1[CH]c2cccc3cccc1c23. The lowest BCUT2D eigenvalue weighted by Gasteiger charge is -2.01. The maximum absolute atomic E-state index is 9.71. The van der Waals surface area contributed by atoms with Crippen LogP contribution in [-0.4, -0.2) is 5.11 Å². The molecule has 3 rings (SSSR count). The highest BCUT2D eigenvalue weighted by Gasteiger charge is 2.21. The maximum Gasteiger partial charge on any atom is 0.0871 e. The molecule has 1 unspecified atom stereocenters. The van der Waals surface area contributed by atoms with Crippen molar-refractivity contribution in [2.75, 3.05) is 0 Å². The van der Waals surface area contributed by atoms with E-state index >= 15 is 0 Å². The predicted octanol–water partition coefficient (Wildman–Crippen LogP) is 2.44. The van der Waals surface area contributed by atoms with Gasteiger partial charge in [0.15, 0.2) is 0 Å². The summed E-state index contributed by atoms with van der Waals surface area (Å²) in [6.07, 6.45) is 1.48. The summed E-state index contributed by atoms with van der Waals surface area (Å²) in [4.78, 5) is 0. The average molecular weight is 169 g/mol. The molecule has 0 spiro atoms. The summed E-state index contributed by atoms with van der Waals surface area (Å²) in [5.74, 6) is 0. The van der Waals surface area contributed by atoms with E-state index in [-0.39, 0.29) is 0 Å². The van der Waals surface area contributed by atoms with E-state index in [1.807, 2.05) is 30.7 Å². The van der Waals surface area contributed by atoms with Crippen LogP contribution in [0.15, 0.2) is 36.4 Å². The Bertz CT molecular complexity index is 468. The summed E-state index contributed by atoms with van der Waals surface area (Å²) in [7, 11) is 0. The number of aliphatic hydroxyl groups is 1. The summed E-state index contributed by atoms with van der Waals surface area (Å²) >= 11 is 0. The number of rotatable bonds is 0. The Morgan fingerprint density at radius 2 is 1.77 bits per heavy atom. The van der Waals surface area contributed by atoms with Crippen molar-refractivity contribution in [3.8, 4) is 0 Å². The third-order valence-electron chi connectivity index (χ3n) is 2.63. The van der Waals surface area contributed by atoms with Crippen LogP contribution in [0.3, 0.4) is 0 Å². The highest BCUT2D eigenvalue weighted by molar-refractivity contribution is 5.92. The van der Waals surface area contributed by atoms with Gasteiger partial charge in [-0.05, 0) is 21.9 Å². The van der Waals surface area contributed by atoms with E-state index in [0.29, 0.717) is 0 Å². The smallest absolute Gasteiger partial charge is 0.0871 e. The Labute approximate surface area is 76.6 Å². The topological polar surface area (TPSA) is 20.2 Å². The monoisotopic (exact) mass is 169 g/mol. The van der Waals surface area contributed by atoms with Gasteiger partial charge in [-0.1, -0.05) is 36.4 Å². The molecule has 1 N–H and O–H groups in total. The molecule has 0 aliphatic heterocycles. The zero-order valence-electron chi connectivity index (χ0n) is 7.07. The second-order valence-electron chi connectivity index (χ2n) is 3.40. The normalized spacial score (nSPS) is 19.6. The van der Waals surface area contributed by atoms with Crippen molar-refractivity contribution in [2.24, 2.45) is 0 Å². The molecule has 2 aromatic carbocycles. The first-order valence-electron chi connectivity index (χ1n) is 4.41. The molecular formula is C12H9O. The van der Waals surface area contributed by atoms with Gasteiger partial charge >= 0.3 is 0 Å². The van der Waals surface area contributed by atoms with Crippen molar-refractivity contribution >= 4 is 10.8 Å². The summed E-state index contributed by atoms with van der Waals surface area (Å²) < 4.78 is 0. The van der Waals surface area contributed by atoms with E-state index in [1.165, 1.54) is 10.8 Å². The third kappa shape index (κ3) is 0.850. The summed E-state index contributed by atoms with van der Waals surface area (Å²) in [5, 5.41) is 12.1. The molecule has 1 atom stereocenters. The first-order chi connectivity index (χ1) is 6.36. The van der Waals surface area contributed by atoms with Gasteiger partial charge in [0, 0.05) is 6.42 Å². The van der Waals surface area contributed by atoms with Gasteiger partial charge in [0.25, 0.3) is 0 Å². The van der Waals surface area contributed by atoms with E-state index in [9.17, 15) is 5.11 Å². The molecule has 2 aromatic rings. The molecule has 1 nitrogen and oxygen atoms in total. The van der Waals surface area contributed by atoms with Crippen LogP contribution in [0.25, 0.3) is 10.8 Å². The minimum atomic E-state index is -0.416. The molecule has 0 aromatic heterocycles. The fourth-order valence-electron chi connectivity index (χ4n) is 2.05. The van der Waals surface area contributed by atoms with Crippen molar-refractivity contribution < 1.29 is 5.11 Å². The second-order valence-corrected chi connectivity index (χ2v) is 3.40. The van der Waals surface area contributed by atoms with E-state index in [4.69, 9.17) is 0 Å². The maximum atomic E-state index is 9.71. The Hall–Kier alpha value is -1.34. The predicted molar refractivity (Wildman–Crippen MR) is 52.3 cm³/mol. The van der Waals surface area contributed by atoms with E-state index in [1.54, 1.807) is 0 Å². The van der Waals surface area contributed by atoms with Crippen LogP contribution in [0.4, 0.5) is 0 Å². The highest BCUT2D eigenvalue weighted by atomic mass is 16.3. The van der Waals surface area contributed by atoms with Crippen LogP contribution >= 0.6 is 0 Å². The molecule has 1 aliphatic rings. The lowest BCUT2D eigenvalue weighted by atomic mass is 10.1. The van der Waals surface area contributed by atoms with Gasteiger partial charge in [0.1, 0.15) is 0 Å². The van der Waals surface area contributed by atoms with Crippen molar-refractivity contribution in [1.29, 1.82) is 0 Å². The number of aliphatic hydroxyl groups excluding tert-OH is 1. The molecule has 1 radical (unpaired) electrons. The summed E-state index contributed by atoms with van der Waals surface area (Å²) in [6.45, 7) is 0. The first-order valence-corrected chi connectivity index (χ1v) is 4.41. The third-order valence-corrected chi connectivity index (χ3v) is 2.63. The van der Waals surface area contributed by atoms with Crippen LogP contribution in [0.2, 0.25) is 0 Å². The van der Waals surface area contributed by atoms with E-state index in [0.717, 1.165) is 11.1 Å². The fraction of sp³-hybridized carbons (Fsp3) is 0.0833. The average Bonchev–Trinajstić information content (AvgIpc) is 2.47. The van der Waals surface area contributed by atoms with Crippen LogP contribution in [0, 0.1) is 6.42 Å². The van der Waals surface area contributed by atoms with Gasteiger partial charge in [-0.25, -0.2) is 0 Å². The lowest BCUT2D eigenvalue weighted by Crippen LogP contribution is -1.89.